The fraction of sp³-hybridized carbons (Fsp3) is 0.242. The third-order valence-electron chi connectivity index (χ3n) is 8.66. The molecule has 7 rings (SSSR count). The molecule has 0 bridgehead atoms. The van der Waals surface area contributed by atoms with Crippen molar-refractivity contribution in [2.45, 2.75) is 38.4 Å². The minimum absolute atomic E-state index is 0. The van der Waals surface area contributed by atoms with Gasteiger partial charge in [-0.05, 0) is 59.2 Å². The number of H-pyrrole nitrogens is 1. The van der Waals surface area contributed by atoms with Crippen LogP contribution in [0.2, 0.25) is 0 Å². The van der Waals surface area contributed by atoms with E-state index in [9.17, 15) is 33.9 Å². The van der Waals surface area contributed by atoms with Crippen LogP contribution in [-0.2, 0) is 30.7 Å². The Kier molecular flexibility index (Phi) is 9.68. The number of nitrogen functional groups attached to an aromatic ring is 1. The molecule has 0 fully saturated rings. The first kappa shape index (κ1) is 34.5. The Bertz CT molecular complexity index is 2250. The van der Waals surface area contributed by atoms with Crippen LogP contribution in [0.5, 0.6) is 0 Å². The second-order valence-corrected chi connectivity index (χ2v) is 11.5. The molecule has 2 aliphatic rings. The number of amides is 1. The zero-order valence-corrected chi connectivity index (χ0v) is 27.0. The lowest BCUT2D eigenvalue weighted by molar-refractivity contribution is 0.0599. The van der Waals surface area contributed by atoms with Crippen LogP contribution in [0.25, 0.3) is 5.65 Å². The SMILES string of the molecule is COC(=O)c1ccc2c(c1)CC[C@@H]2NC(=O)c1cc(C(=O)O)n2c(=O)[nH]cc2n1.Cl.NCc1ccc2c(c1)CN(c1c(N)c(=O)c1=O)CC2. The van der Waals surface area contributed by atoms with E-state index in [1.807, 2.05) is 11.0 Å². The molecule has 0 unspecified atom stereocenters. The molecule has 1 atom stereocenters. The first-order chi connectivity index (χ1) is 23.0. The van der Waals surface area contributed by atoms with E-state index < -0.39 is 34.4 Å². The minimum Gasteiger partial charge on any atom is -0.477 e. The number of methoxy groups -OCH3 is 1. The molecule has 1 aliphatic heterocycles. The zero-order chi connectivity index (χ0) is 34.3. The van der Waals surface area contributed by atoms with Crippen LogP contribution in [0.3, 0.4) is 0 Å². The summed E-state index contributed by atoms with van der Waals surface area (Å²) in [6.07, 6.45) is 3.39. The largest absolute Gasteiger partial charge is 0.477 e. The molecule has 1 aliphatic carbocycles. The lowest BCUT2D eigenvalue weighted by Gasteiger charge is -2.31. The number of carbonyl (C=O) groups excluding carboxylic acids is 2. The number of hydrogen-bond donors (Lipinski definition) is 5. The van der Waals surface area contributed by atoms with Crippen LogP contribution in [-0.4, -0.2) is 51.0 Å². The quantitative estimate of drug-likeness (QED) is 0.125. The second kappa shape index (κ2) is 13.7. The number of carboxylic acids is 1. The van der Waals surface area contributed by atoms with Gasteiger partial charge in [0.2, 0.25) is 0 Å². The number of hydrogen-bond acceptors (Lipinski definition) is 11. The fourth-order valence-electron chi connectivity index (χ4n) is 6.18. The van der Waals surface area contributed by atoms with E-state index in [2.05, 4.69) is 27.4 Å². The number of fused-ring (bicyclic) bond motifs is 3. The van der Waals surface area contributed by atoms with Gasteiger partial charge in [-0.2, -0.15) is 0 Å². The number of carbonyl (C=O) groups is 3. The Morgan fingerprint density at radius 2 is 1.82 bits per heavy atom. The Labute approximate surface area is 283 Å². The smallest absolute Gasteiger partial charge is 0.353 e. The molecular formula is C33H32ClN7O8. The van der Waals surface area contributed by atoms with E-state index >= 15 is 0 Å². The second-order valence-electron chi connectivity index (χ2n) is 11.5. The third-order valence-corrected chi connectivity index (χ3v) is 8.66. The van der Waals surface area contributed by atoms with Crippen LogP contribution in [0.15, 0.2) is 63.0 Å². The predicted octanol–water partition coefficient (Wildman–Crippen LogP) is 1.23. The highest BCUT2D eigenvalue weighted by molar-refractivity contribution is 5.96. The van der Waals surface area contributed by atoms with Gasteiger partial charge in [0.25, 0.3) is 16.8 Å². The summed E-state index contributed by atoms with van der Waals surface area (Å²) in [5.74, 6) is -2.34. The molecular weight excluding hydrogens is 658 g/mol. The first-order valence-corrected chi connectivity index (χ1v) is 15.0. The Hall–Kier alpha value is -5.80. The molecule has 7 N–H and O–H groups in total. The molecule has 0 saturated carbocycles. The van der Waals surface area contributed by atoms with E-state index in [1.165, 1.54) is 18.9 Å². The summed E-state index contributed by atoms with van der Waals surface area (Å²) in [5.41, 5.74) is 15.4. The van der Waals surface area contributed by atoms with E-state index in [1.54, 1.807) is 18.2 Å². The van der Waals surface area contributed by atoms with Gasteiger partial charge in [-0.3, -0.25) is 14.4 Å². The van der Waals surface area contributed by atoms with Crippen molar-refractivity contribution in [2.75, 3.05) is 24.3 Å². The van der Waals surface area contributed by atoms with Gasteiger partial charge in [0.05, 0.1) is 18.7 Å². The molecule has 3 heterocycles. The molecule has 16 heteroatoms. The van der Waals surface area contributed by atoms with Crippen LogP contribution in [0.4, 0.5) is 11.4 Å². The molecule has 254 valence electrons. The van der Waals surface area contributed by atoms with Gasteiger partial charge in [-0.15, -0.1) is 12.4 Å². The first-order valence-electron chi connectivity index (χ1n) is 15.0. The number of aryl methyl sites for hydroxylation is 1. The van der Waals surface area contributed by atoms with Gasteiger partial charge < -0.3 is 36.5 Å². The summed E-state index contributed by atoms with van der Waals surface area (Å²) < 4.78 is 5.61. The van der Waals surface area contributed by atoms with Crippen molar-refractivity contribution >= 4 is 47.3 Å². The molecule has 1 amide bonds. The lowest BCUT2D eigenvalue weighted by Crippen LogP contribution is -2.44. The molecule has 0 radical (unpaired) electrons. The van der Waals surface area contributed by atoms with Crippen LogP contribution < -0.4 is 38.2 Å². The van der Waals surface area contributed by atoms with E-state index in [4.69, 9.17) is 16.2 Å². The number of imidazole rings is 1. The van der Waals surface area contributed by atoms with Crippen molar-refractivity contribution in [1.29, 1.82) is 0 Å². The number of halogens is 1. The van der Waals surface area contributed by atoms with E-state index in [0.717, 1.165) is 39.1 Å². The maximum atomic E-state index is 12.7. The maximum absolute atomic E-state index is 12.7. The summed E-state index contributed by atoms with van der Waals surface area (Å²) in [6, 6.07) is 12.1. The van der Waals surface area contributed by atoms with Crippen molar-refractivity contribution < 1.29 is 24.2 Å². The van der Waals surface area contributed by atoms with Crippen molar-refractivity contribution in [1.82, 2.24) is 19.7 Å². The van der Waals surface area contributed by atoms with Gasteiger partial charge in [0, 0.05) is 31.9 Å². The standard InChI is InChI=1S/C19H16N4O6.C14H15N3O2.ClH/c1-29-18(27)10-2-4-11-9(6-10)3-5-12(11)22-16(24)13-7-14(17(25)26)23-15(21-13)8-20-19(23)28;15-6-8-1-2-9-3-4-17(7-10(9)5-8)12-11(16)13(18)14(12)19;/h2,4,6-8,12H,3,5H2,1H3,(H,20,28)(H,22,24)(H,25,26);1-2,5H,3-4,6-7,15-16H2;1H/t12-;;/m0../s1. The Balaban J connectivity index is 0.000000203. The highest BCUT2D eigenvalue weighted by atomic mass is 35.5. The minimum atomic E-state index is -1.35. The predicted molar refractivity (Wildman–Crippen MR) is 181 cm³/mol. The summed E-state index contributed by atoms with van der Waals surface area (Å²) >= 11 is 0. The number of benzene rings is 2. The molecule has 0 saturated heterocycles. The number of carboxylic acid groups (broad SMARTS) is 1. The number of anilines is 2. The van der Waals surface area contributed by atoms with Crippen molar-refractivity contribution in [3.05, 3.63) is 124 Å². The highest BCUT2D eigenvalue weighted by Gasteiger charge is 2.28. The molecule has 2 aromatic heterocycles. The molecule has 15 nitrogen and oxygen atoms in total. The van der Waals surface area contributed by atoms with Crippen LogP contribution >= 0.6 is 12.4 Å². The van der Waals surface area contributed by atoms with Crippen LogP contribution in [0, 0.1) is 0 Å². The lowest BCUT2D eigenvalue weighted by atomic mass is 9.96. The van der Waals surface area contributed by atoms with Gasteiger partial charge in [-0.1, -0.05) is 24.3 Å². The average Bonchev–Trinajstić information content (AvgIpc) is 3.69. The molecule has 3 aromatic carbocycles. The number of esters is 1. The number of aromatic nitrogens is 3. The number of nitrogens with zero attached hydrogens (tertiary/aromatic N) is 3. The van der Waals surface area contributed by atoms with E-state index in [0.29, 0.717) is 43.7 Å². The number of aromatic amines is 1. The van der Waals surface area contributed by atoms with Gasteiger partial charge in [-0.25, -0.2) is 23.8 Å². The average molecular weight is 690 g/mol. The number of nitrogens with two attached hydrogens (primary N) is 2. The van der Waals surface area contributed by atoms with Gasteiger partial charge in [0.1, 0.15) is 22.8 Å². The summed E-state index contributed by atoms with van der Waals surface area (Å²) in [5, 5.41) is 12.2. The normalized spacial score (nSPS) is 14.7. The Morgan fingerprint density at radius 1 is 1.04 bits per heavy atom. The van der Waals surface area contributed by atoms with Gasteiger partial charge >= 0.3 is 17.6 Å². The number of rotatable bonds is 6. The maximum Gasteiger partial charge on any atom is 0.353 e. The third kappa shape index (κ3) is 6.40. The Morgan fingerprint density at radius 3 is 2.51 bits per heavy atom. The van der Waals surface area contributed by atoms with E-state index in [-0.39, 0.29) is 41.2 Å². The summed E-state index contributed by atoms with van der Waals surface area (Å²) in [7, 11) is 1.31. The number of nitrogens with one attached hydrogen (secondary N) is 2. The van der Waals surface area contributed by atoms with Crippen LogP contribution in [0.1, 0.15) is 71.6 Å². The molecule has 5 aromatic rings. The molecule has 49 heavy (non-hydrogen) atoms. The molecule has 0 spiro atoms. The monoisotopic (exact) mass is 689 g/mol. The number of aromatic carboxylic acids is 1. The zero-order valence-electron chi connectivity index (χ0n) is 26.1. The van der Waals surface area contributed by atoms with Crippen molar-refractivity contribution in [3.63, 3.8) is 0 Å². The van der Waals surface area contributed by atoms with Crippen molar-refractivity contribution in [3.8, 4) is 0 Å². The number of ether oxygens (including phenoxy) is 1. The summed E-state index contributed by atoms with van der Waals surface area (Å²) in [4.78, 5) is 78.7. The van der Waals surface area contributed by atoms with Gasteiger partial charge in [0.15, 0.2) is 5.65 Å². The highest BCUT2D eigenvalue weighted by Crippen LogP contribution is 2.32. The fourth-order valence-corrected chi connectivity index (χ4v) is 6.18. The van der Waals surface area contributed by atoms with Crippen molar-refractivity contribution in [2.24, 2.45) is 5.73 Å². The topological polar surface area (TPSA) is 232 Å². The summed E-state index contributed by atoms with van der Waals surface area (Å²) in [6.45, 7) is 1.82.